The van der Waals surface area contributed by atoms with E-state index >= 15 is 0 Å². The van der Waals surface area contributed by atoms with Crippen LogP contribution in [0.2, 0.25) is 0 Å². The van der Waals surface area contributed by atoms with Gasteiger partial charge in [0.25, 0.3) is 10.1 Å². The Hall–Kier alpha value is -0.670. The summed E-state index contributed by atoms with van der Waals surface area (Å²) < 4.78 is 35.6. The number of para-hydroxylation sites is 1. The summed E-state index contributed by atoms with van der Waals surface area (Å²) in [5, 5.41) is 0. The number of hydrogen-bond acceptors (Lipinski definition) is 4. The van der Waals surface area contributed by atoms with Crippen molar-refractivity contribution in [3.63, 3.8) is 0 Å². The molecule has 1 aromatic rings. The van der Waals surface area contributed by atoms with E-state index in [-0.39, 0.29) is 17.1 Å². The van der Waals surface area contributed by atoms with Crippen LogP contribution in [0.5, 0.6) is 5.75 Å². The van der Waals surface area contributed by atoms with E-state index in [2.05, 4.69) is 0 Å². The second-order valence-corrected chi connectivity index (χ2v) is 4.57. The van der Waals surface area contributed by atoms with Crippen LogP contribution in [-0.4, -0.2) is 18.8 Å². The normalized spacial score (nSPS) is 11.1. The van der Waals surface area contributed by atoms with Gasteiger partial charge in [-0.05, 0) is 19.1 Å². The van der Waals surface area contributed by atoms with E-state index in [9.17, 15) is 13.2 Å². The third-order valence-electron chi connectivity index (χ3n) is 1.71. The highest BCUT2D eigenvalue weighted by molar-refractivity contribution is 14.1. The van der Waals surface area contributed by atoms with Gasteiger partial charge in [0.2, 0.25) is 0 Å². The number of carbonyl (C=O) groups excluding carboxylic acids is 1. The largest absolute Gasteiger partial charge is 0.425 e. The number of Topliss-reactive ketones (excluding diaryl/α,β-unsaturated/α-hetero) is 1. The molecule has 0 aliphatic carbocycles. The third kappa shape index (κ3) is 2.67. The highest BCUT2D eigenvalue weighted by Gasteiger charge is 2.21. The summed E-state index contributed by atoms with van der Waals surface area (Å²) in [5.41, 5.74) is 0.111. The van der Waals surface area contributed by atoms with Crippen LogP contribution in [0.1, 0.15) is 17.3 Å². The summed E-state index contributed by atoms with van der Waals surface area (Å²) in [6, 6.07) is 3.94. The molecule has 0 aliphatic rings. The molecule has 0 spiro atoms. The first kappa shape index (κ1) is 12.4. The van der Waals surface area contributed by atoms with Crippen molar-refractivity contribution in [1.29, 1.82) is 0 Å². The molecule has 0 amide bonds. The quantitative estimate of drug-likeness (QED) is 0.515. The molecule has 1 aromatic carbocycles. The van der Waals surface area contributed by atoms with E-state index in [0.717, 1.165) is 6.07 Å². The van der Waals surface area contributed by atoms with Crippen LogP contribution in [0.25, 0.3) is 0 Å². The fourth-order valence-corrected chi connectivity index (χ4v) is 2.34. The number of benzene rings is 1. The molecule has 82 valence electrons. The minimum atomic E-state index is -4.38. The van der Waals surface area contributed by atoms with Crippen molar-refractivity contribution in [1.82, 2.24) is 0 Å². The summed E-state index contributed by atoms with van der Waals surface area (Å²) in [6.07, 6.45) is 0. The molecule has 0 fully saturated rings. The first-order valence-corrected chi connectivity index (χ1v) is 6.10. The number of rotatable bonds is 3. The molecular formula is C8H7IO5S. The Kier molecular flexibility index (Phi) is 3.68. The topological polar surface area (TPSA) is 80.7 Å². The monoisotopic (exact) mass is 342 g/mol. The first-order valence-electron chi connectivity index (χ1n) is 3.78. The lowest BCUT2D eigenvalue weighted by atomic mass is 10.1. The molecule has 0 unspecified atom stereocenters. The molecule has 0 aliphatic heterocycles. The fraction of sp³-hybridized carbons (Fsp3) is 0.125. The van der Waals surface area contributed by atoms with Gasteiger partial charge in [-0.15, -0.1) is 0 Å². The minimum absolute atomic E-state index is 0.111. The average molecular weight is 342 g/mol. The Bertz CT molecular complexity index is 494. The van der Waals surface area contributed by atoms with Crippen molar-refractivity contribution < 1.29 is 20.8 Å². The van der Waals surface area contributed by atoms with Gasteiger partial charge in [0.15, 0.2) is 34.5 Å². The fourth-order valence-electron chi connectivity index (χ4n) is 1.08. The van der Waals surface area contributed by atoms with Gasteiger partial charge in [-0.1, -0.05) is 6.07 Å². The molecule has 0 heterocycles. The molecule has 0 atom stereocenters. The van der Waals surface area contributed by atoms with E-state index in [4.69, 9.17) is 7.62 Å². The van der Waals surface area contributed by atoms with Crippen LogP contribution in [-0.2, 0) is 10.1 Å². The summed E-state index contributed by atoms with van der Waals surface area (Å²) >= 11 is 1.45. The summed E-state index contributed by atoms with van der Waals surface area (Å²) in [6.45, 7) is 1.28. The lowest BCUT2D eigenvalue weighted by molar-refractivity contribution is 0.101. The van der Waals surface area contributed by atoms with Crippen LogP contribution in [0.15, 0.2) is 23.1 Å². The summed E-state index contributed by atoms with van der Waals surface area (Å²) in [4.78, 5) is 10.7. The average Bonchev–Trinajstić information content (AvgIpc) is 2.15. The number of carbonyl (C=O) groups is 1. The van der Waals surface area contributed by atoms with E-state index in [1.54, 1.807) is 0 Å². The van der Waals surface area contributed by atoms with Crippen molar-refractivity contribution >= 4 is 38.9 Å². The highest BCUT2D eigenvalue weighted by atomic mass is 127. The predicted molar refractivity (Wildman–Crippen MR) is 60.9 cm³/mol. The van der Waals surface area contributed by atoms with Gasteiger partial charge < -0.3 is 3.07 Å². The van der Waals surface area contributed by atoms with E-state index in [1.165, 1.54) is 42.1 Å². The molecule has 5 nitrogen and oxygen atoms in total. The lowest BCUT2D eigenvalue weighted by Crippen LogP contribution is -2.04. The second-order valence-electron chi connectivity index (χ2n) is 2.74. The third-order valence-corrected chi connectivity index (χ3v) is 3.03. The maximum absolute atomic E-state index is 11.1. The van der Waals surface area contributed by atoms with Gasteiger partial charge in [0.1, 0.15) is 4.90 Å². The molecular weight excluding hydrogens is 335 g/mol. The van der Waals surface area contributed by atoms with Crippen molar-refractivity contribution in [2.75, 3.05) is 0 Å². The van der Waals surface area contributed by atoms with Gasteiger partial charge in [-0.2, -0.15) is 8.42 Å². The molecule has 7 heteroatoms. The lowest BCUT2D eigenvalue weighted by Gasteiger charge is -2.07. The Morgan fingerprint density at radius 2 is 2.07 bits per heavy atom. The first-order chi connectivity index (χ1) is 6.88. The van der Waals surface area contributed by atoms with Crippen molar-refractivity contribution in [3.05, 3.63) is 23.8 Å². The van der Waals surface area contributed by atoms with E-state index in [1.807, 2.05) is 0 Å². The van der Waals surface area contributed by atoms with Crippen LogP contribution in [0, 0.1) is 0 Å². The minimum Gasteiger partial charge on any atom is -0.425 e. The van der Waals surface area contributed by atoms with Crippen LogP contribution >= 0.6 is 23.0 Å². The Morgan fingerprint density at radius 1 is 1.47 bits per heavy atom. The van der Waals surface area contributed by atoms with Crippen molar-refractivity contribution in [2.45, 2.75) is 11.8 Å². The Labute approximate surface area is 101 Å². The van der Waals surface area contributed by atoms with Gasteiger partial charge in [-0.3, -0.25) is 9.35 Å². The van der Waals surface area contributed by atoms with Crippen molar-refractivity contribution in [3.8, 4) is 5.75 Å². The van der Waals surface area contributed by atoms with Crippen molar-refractivity contribution in [2.24, 2.45) is 0 Å². The molecule has 0 aromatic heterocycles. The highest BCUT2D eigenvalue weighted by Crippen LogP contribution is 2.29. The van der Waals surface area contributed by atoms with Gasteiger partial charge in [0.05, 0.1) is 5.56 Å². The maximum atomic E-state index is 11.1. The Balaban J connectivity index is 3.56. The molecule has 0 saturated carbocycles. The summed E-state index contributed by atoms with van der Waals surface area (Å²) in [7, 11) is -4.38. The van der Waals surface area contributed by atoms with Crippen LogP contribution < -0.4 is 3.07 Å². The maximum Gasteiger partial charge on any atom is 0.298 e. The molecule has 0 saturated heterocycles. The smallest absolute Gasteiger partial charge is 0.298 e. The van der Waals surface area contributed by atoms with E-state index in [0.29, 0.717) is 0 Å². The number of ketones is 1. The van der Waals surface area contributed by atoms with E-state index < -0.39 is 15.0 Å². The molecule has 0 bridgehead atoms. The van der Waals surface area contributed by atoms with Gasteiger partial charge >= 0.3 is 0 Å². The second kappa shape index (κ2) is 4.45. The molecule has 15 heavy (non-hydrogen) atoms. The standard InChI is InChI=1S/C8H7IO5S/c1-5(10)6-3-2-4-7(8(6)14-9)15(11,12)13/h2-4H,1H3,(H,11,12,13). The summed E-state index contributed by atoms with van der Waals surface area (Å²) in [5.74, 6) is -0.486. The van der Waals surface area contributed by atoms with Gasteiger partial charge in [-0.25, -0.2) is 0 Å². The zero-order chi connectivity index (χ0) is 11.6. The zero-order valence-electron chi connectivity index (χ0n) is 7.60. The molecule has 1 rings (SSSR count). The Morgan fingerprint density at radius 3 is 2.47 bits per heavy atom. The number of hydrogen-bond donors (Lipinski definition) is 1. The number of halogens is 1. The SMILES string of the molecule is CC(=O)c1cccc(S(=O)(=O)O)c1OI. The van der Waals surface area contributed by atoms with Crippen LogP contribution in [0.4, 0.5) is 0 Å². The van der Waals surface area contributed by atoms with Gasteiger partial charge in [0, 0.05) is 0 Å². The molecule has 0 radical (unpaired) electrons. The van der Waals surface area contributed by atoms with Crippen LogP contribution in [0.3, 0.4) is 0 Å². The molecule has 1 N–H and O–H groups in total. The predicted octanol–water partition coefficient (Wildman–Crippen LogP) is 1.86. The zero-order valence-corrected chi connectivity index (χ0v) is 10.6.